The maximum absolute atomic E-state index is 6.90. The largest absolute Gasteiger partial charge is 0.307 e. The second kappa shape index (κ2) is 2.55. The fourth-order valence-corrected chi connectivity index (χ4v) is 1.13. The molecule has 1 N–H and O–H groups in total. The van der Waals surface area contributed by atoms with E-state index < -0.39 is 0 Å². The van der Waals surface area contributed by atoms with Gasteiger partial charge >= 0.3 is 0 Å². The SMILES string of the molecule is C=Cc1ncsc1C=N. The topological polar surface area (TPSA) is 36.7 Å². The van der Waals surface area contributed by atoms with E-state index >= 15 is 0 Å². The van der Waals surface area contributed by atoms with Crippen LogP contribution in [0.15, 0.2) is 12.1 Å². The molecule has 0 bridgehead atoms. The van der Waals surface area contributed by atoms with Crippen molar-refractivity contribution in [2.75, 3.05) is 0 Å². The van der Waals surface area contributed by atoms with Gasteiger partial charge in [0, 0.05) is 6.21 Å². The van der Waals surface area contributed by atoms with Gasteiger partial charge in [-0.05, 0) is 6.08 Å². The molecule has 9 heavy (non-hydrogen) atoms. The number of hydrogen-bond acceptors (Lipinski definition) is 3. The minimum Gasteiger partial charge on any atom is -0.307 e. The molecule has 3 heteroatoms. The first-order valence-corrected chi connectivity index (χ1v) is 3.33. The molecule has 0 fully saturated rings. The van der Waals surface area contributed by atoms with E-state index in [1.807, 2.05) is 0 Å². The van der Waals surface area contributed by atoms with Crippen LogP contribution in [-0.4, -0.2) is 11.2 Å². The molecule has 1 heterocycles. The van der Waals surface area contributed by atoms with Crippen molar-refractivity contribution in [1.29, 1.82) is 5.41 Å². The van der Waals surface area contributed by atoms with Crippen molar-refractivity contribution in [2.45, 2.75) is 0 Å². The quantitative estimate of drug-likeness (QED) is 0.621. The minimum atomic E-state index is 0.801. The summed E-state index contributed by atoms with van der Waals surface area (Å²) in [5.41, 5.74) is 2.51. The van der Waals surface area contributed by atoms with Gasteiger partial charge in [-0.3, -0.25) is 0 Å². The van der Waals surface area contributed by atoms with Gasteiger partial charge in [0.1, 0.15) is 0 Å². The average molecular weight is 138 g/mol. The van der Waals surface area contributed by atoms with Crippen molar-refractivity contribution in [2.24, 2.45) is 0 Å². The molecule has 0 aliphatic rings. The molecule has 0 aliphatic carbocycles. The molecular formula is C6H6N2S. The van der Waals surface area contributed by atoms with Crippen molar-refractivity contribution in [3.8, 4) is 0 Å². The molecule has 0 spiro atoms. The Kier molecular flexibility index (Phi) is 1.75. The number of rotatable bonds is 2. The van der Waals surface area contributed by atoms with E-state index in [1.54, 1.807) is 11.6 Å². The van der Waals surface area contributed by atoms with Crippen molar-refractivity contribution in [3.63, 3.8) is 0 Å². The molecule has 0 aliphatic heterocycles. The summed E-state index contributed by atoms with van der Waals surface area (Å²) in [4.78, 5) is 4.82. The second-order valence-corrected chi connectivity index (χ2v) is 2.34. The number of nitrogens with zero attached hydrogens (tertiary/aromatic N) is 1. The average Bonchev–Trinajstić information content (AvgIpc) is 2.33. The highest BCUT2D eigenvalue weighted by Crippen LogP contribution is 2.10. The zero-order valence-corrected chi connectivity index (χ0v) is 5.61. The maximum atomic E-state index is 6.90. The molecule has 1 aromatic heterocycles. The van der Waals surface area contributed by atoms with E-state index in [9.17, 15) is 0 Å². The van der Waals surface area contributed by atoms with E-state index in [4.69, 9.17) is 5.41 Å². The van der Waals surface area contributed by atoms with Crippen LogP contribution in [0.4, 0.5) is 0 Å². The molecule has 2 nitrogen and oxygen atoms in total. The van der Waals surface area contributed by atoms with Crippen molar-refractivity contribution >= 4 is 23.6 Å². The number of aromatic nitrogens is 1. The van der Waals surface area contributed by atoms with Gasteiger partial charge in [-0.1, -0.05) is 6.58 Å². The molecule has 0 saturated carbocycles. The molecule has 0 atom stereocenters. The lowest BCUT2D eigenvalue weighted by Gasteiger charge is -1.81. The fraction of sp³-hybridized carbons (Fsp3) is 0. The summed E-state index contributed by atoms with van der Waals surface area (Å²) in [6.45, 7) is 3.55. The van der Waals surface area contributed by atoms with Gasteiger partial charge in [0.25, 0.3) is 0 Å². The van der Waals surface area contributed by atoms with Gasteiger partial charge in [0.05, 0.1) is 16.1 Å². The lowest BCUT2D eigenvalue weighted by molar-refractivity contribution is 1.38. The second-order valence-electron chi connectivity index (χ2n) is 1.45. The first-order chi connectivity index (χ1) is 4.38. The van der Waals surface area contributed by atoms with Crippen molar-refractivity contribution < 1.29 is 0 Å². The summed E-state index contributed by atoms with van der Waals surface area (Å²) in [7, 11) is 0. The molecule has 0 unspecified atom stereocenters. The molecule has 1 aromatic rings. The fourth-order valence-electron chi connectivity index (χ4n) is 0.525. The van der Waals surface area contributed by atoms with Crippen LogP contribution in [0.3, 0.4) is 0 Å². The first-order valence-electron chi connectivity index (χ1n) is 2.45. The summed E-state index contributed by atoms with van der Waals surface area (Å²) in [5, 5.41) is 6.90. The summed E-state index contributed by atoms with van der Waals surface area (Å²) in [5.74, 6) is 0. The summed E-state index contributed by atoms with van der Waals surface area (Å²) >= 11 is 1.45. The number of nitrogens with one attached hydrogen (secondary N) is 1. The van der Waals surface area contributed by atoms with Crippen LogP contribution < -0.4 is 0 Å². The normalized spacial score (nSPS) is 8.89. The van der Waals surface area contributed by atoms with E-state index in [0.717, 1.165) is 10.6 Å². The highest BCUT2D eigenvalue weighted by molar-refractivity contribution is 7.11. The van der Waals surface area contributed by atoms with E-state index in [-0.39, 0.29) is 0 Å². The van der Waals surface area contributed by atoms with Crippen molar-refractivity contribution in [1.82, 2.24) is 4.98 Å². The Hall–Kier alpha value is -0.960. The molecule has 46 valence electrons. The predicted molar refractivity (Wildman–Crippen MR) is 40.1 cm³/mol. The lowest BCUT2D eigenvalue weighted by Crippen LogP contribution is -1.76. The monoisotopic (exact) mass is 138 g/mol. The van der Waals surface area contributed by atoms with Gasteiger partial charge in [-0.2, -0.15) is 0 Å². The summed E-state index contributed by atoms with van der Waals surface area (Å²) in [6.07, 6.45) is 2.94. The zero-order valence-electron chi connectivity index (χ0n) is 4.79. The van der Waals surface area contributed by atoms with Gasteiger partial charge in [-0.15, -0.1) is 11.3 Å². The third kappa shape index (κ3) is 1.05. The van der Waals surface area contributed by atoms with Crippen LogP contribution in [0.25, 0.3) is 6.08 Å². The highest BCUT2D eigenvalue weighted by atomic mass is 32.1. The lowest BCUT2D eigenvalue weighted by atomic mass is 10.4. The zero-order chi connectivity index (χ0) is 6.69. The standard InChI is InChI=1S/C6H6N2S/c1-2-5-6(3-7)9-4-8-5/h2-4,7H,1H2. The van der Waals surface area contributed by atoms with Gasteiger partial charge in [0.15, 0.2) is 0 Å². The molecule has 0 aromatic carbocycles. The Morgan fingerprint density at radius 1 is 1.78 bits per heavy atom. The Labute approximate surface area is 57.4 Å². The third-order valence-corrected chi connectivity index (χ3v) is 1.74. The molecule has 0 radical (unpaired) electrons. The van der Waals surface area contributed by atoms with Crippen LogP contribution in [0.1, 0.15) is 10.6 Å². The Bertz CT molecular complexity index is 204. The third-order valence-electron chi connectivity index (χ3n) is 0.948. The summed E-state index contributed by atoms with van der Waals surface area (Å²) in [6, 6.07) is 0. The van der Waals surface area contributed by atoms with Crippen LogP contribution in [-0.2, 0) is 0 Å². The smallest absolute Gasteiger partial charge is 0.0821 e. The maximum Gasteiger partial charge on any atom is 0.0821 e. The van der Waals surface area contributed by atoms with Gasteiger partial charge in [-0.25, -0.2) is 4.98 Å². The molecule has 0 saturated heterocycles. The van der Waals surface area contributed by atoms with Crippen LogP contribution in [0, 0.1) is 5.41 Å². The van der Waals surface area contributed by atoms with Gasteiger partial charge in [0.2, 0.25) is 0 Å². The van der Waals surface area contributed by atoms with E-state index in [0.29, 0.717) is 0 Å². The predicted octanol–water partition coefficient (Wildman–Crippen LogP) is 1.78. The van der Waals surface area contributed by atoms with Crippen LogP contribution >= 0.6 is 11.3 Å². The summed E-state index contributed by atoms with van der Waals surface area (Å²) < 4.78 is 0. The number of thiazole rings is 1. The van der Waals surface area contributed by atoms with Crippen LogP contribution in [0.2, 0.25) is 0 Å². The Balaban J connectivity index is 3.12. The van der Waals surface area contributed by atoms with Gasteiger partial charge < -0.3 is 5.41 Å². The highest BCUT2D eigenvalue weighted by Gasteiger charge is 1.95. The number of hydrogen-bond donors (Lipinski definition) is 1. The Morgan fingerprint density at radius 2 is 2.56 bits per heavy atom. The van der Waals surface area contributed by atoms with Crippen molar-refractivity contribution in [3.05, 3.63) is 22.7 Å². The molecule has 0 amide bonds. The van der Waals surface area contributed by atoms with Crippen LogP contribution in [0.5, 0.6) is 0 Å². The van der Waals surface area contributed by atoms with E-state index in [2.05, 4.69) is 11.6 Å². The molecule has 1 rings (SSSR count). The van der Waals surface area contributed by atoms with E-state index in [1.165, 1.54) is 17.6 Å². The molecular weight excluding hydrogens is 132 g/mol. The Morgan fingerprint density at radius 3 is 3.00 bits per heavy atom. The first kappa shape index (κ1) is 6.16. The minimum absolute atomic E-state index is 0.801.